The molecule has 1 N–H and O–H groups in total. The zero-order valence-electron chi connectivity index (χ0n) is 11.5. The molecule has 0 saturated carbocycles. The molecule has 0 fully saturated rings. The highest BCUT2D eigenvalue weighted by molar-refractivity contribution is 5.90. The molecule has 0 radical (unpaired) electrons. The van der Waals surface area contributed by atoms with Gasteiger partial charge in [-0.2, -0.15) is 0 Å². The van der Waals surface area contributed by atoms with Crippen LogP contribution in [0.15, 0.2) is 48.9 Å². The normalized spacial score (nSPS) is 12.3. The maximum atomic E-state index is 4.45. The molecule has 1 aromatic carbocycles. The first-order chi connectivity index (χ1) is 9.75. The van der Waals surface area contributed by atoms with Crippen LogP contribution in [0.1, 0.15) is 24.4 Å². The van der Waals surface area contributed by atoms with E-state index < -0.39 is 0 Å². The smallest absolute Gasteiger partial charge is 0.0933 e. The minimum absolute atomic E-state index is 0.0799. The molecule has 0 spiro atoms. The number of benzene rings is 1. The standard InChI is InChI=1S/C16H16N4/c1-11-15(19-10-9-17-11)12(2)20-14-7-3-5-13-6-4-8-18-16(13)14/h3-10,12,20H,1-2H3. The first-order valence-corrected chi connectivity index (χ1v) is 6.63. The number of pyridine rings is 1. The minimum atomic E-state index is 0.0799. The van der Waals surface area contributed by atoms with Crippen molar-refractivity contribution < 1.29 is 0 Å². The highest BCUT2D eigenvalue weighted by Gasteiger charge is 2.11. The largest absolute Gasteiger partial charge is 0.375 e. The van der Waals surface area contributed by atoms with Crippen LogP contribution >= 0.6 is 0 Å². The summed E-state index contributed by atoms with van der Waals surface area (Å²) in [6.07, 6.45) is 5.25. The molecular formula is C16H16N4. The van der Waals surface area contributed by atoms with Gasteiger partial charge in [0.25, 0.3) is 0 Å². The number of fused-ring (bicyclic) bond motifs is 1. The van der Waals surface area contributed by atoms with Gasteiger partial charge >= 0.3 is 0 Å². The molecule has 1 unspecified atom stereocenters. The van der Waals surface area contributed by atoms with Crippen molar-refractivity contribution in [1.82, 2.24) is 15.0 Å². The van der Waals surface area contributed by atoms with Crippen LogP contribution in [0.2, 0.25) is 0 Å². The summed E-state index contributed by atoms with van der Waals surface area (Å²) in [7, 11) is 0. The Morgan fingerprint density at radius 2 is 1.75 bits per heavy atom. The lowest BCUT2D eigenvalue weighted by Crippen LogP contribution is -2.11. The molecule has 4 heteroatoms. The Labute approximate surface area is 117 Å². The number of aromatic nitrogens is 3. The Morgan fingerprint density at radius 1 is 0.950 bits per heavy atom. The van der Waals surface area contributed by atoms with E-state index in [1.807, 2.05) is 31.3 Å². The van der Waals surface area contributed by atoms with Gasteiger partial charge < -0.3 is 5.32 Å². The second-order valence-electron chi connectivity index (χ2n) is 4.77. The van der Waals surface area contributed by atoms with Gasteiger partial charge in [0, 0.05) is 24.0 Å². The maximum absolute atomic E-state index is 4.45. The monoisotopic (exact) mass is 264 g/mol. The lowest BCUT2D eigenvalue weighted by molar-refractivity contribution is 0.811. The van der Waals surface area contributed by atoms with Crippen LogP contribution in [-0.2, 0) is 0 Å². The topological polar surface area (TPSA) is 50.7 Å². The number of hydrogen-bond acceptors (Lipinski definition) is 4. The number of nitrogens with one attached hydrogen (secondary N) is 1. The van der Waals surface area contributed by atoms with Crippen LogP contribution in [0.5, 0.6) is 0 Å². The van der Waals surface area contributed by atoms with E-state index in [0.717, 1.165) is 28.0 Å². The van der Waals surface area contributed by atoms with Crippen LogP contribution < -0.4 is 5.32 Å². The zero-order valence-corrected chi connectivity index (χ0v) is 11.5. The summed E-state index contributed by atoms with van der Waals surface area (Å²) >= 11 is 0. The third-order valence-electron chi connectivity index (χ3n) is 3.33. The van der Waals surface area contributed by atoms with Crippen molar-refractivity contribution in [2.24, 2.45) is 0 Å². The molecule has 0 aliphatic carbocycles. The summed E-state index contributed by atoms with van der Waals surface area (Å²) in [5, 5.41) is 4.60. The molecule has 0 aliphatic rings. The fourth-order valence-electron chi connectivity index (χ4n) is 2.37. The maximum Gasteiger partial charge on any atom is 0.0933 e. The van der Waals surface area contributed by atoms with Crippen molar-refractivity contribution in [3.05, 3.63) is 60.3 Å². The van der Waals surface area contributed by atoms with Crippen LogP contribution in [0.25, 0.3) is 10.9 Å². The van der Waals surface area contributed by atoms with Gasteiger partial charge in [0.05, 0.1) is 28.6 Å². The SMILES string of the molecule is Cc1nccnc1C(C)Nc1cccc2cccnc12. The summed E-state index contributed by atoms with van der Waals surface area (Å²) in [6.45, 7) is 4.06. The summed E-state index contributed by atoms with van der Waals surface area (Å²) in [6, 6.07) is 10.2. The first-order valence-electron chi connectivity index (χ1n) is 6.63. The first kappa shape index (κ1) is 12.5. The van der Waals surface area contributed by atoms with E-state index in [-0.39, 0.29) is 6.04 Å². The van der Waals surface area contributed by atoms with Gasteiger partial charge in [-0.25, -0.2) is 0 Å². The molecule has 0 bridgehead atoms. The third-order valence-corrected chi connectivity index (χ3v) is 3.33. The lowest BCUT2D eigenvalue weighted by Gasteiger charge is -2.17. The molecule has 3 rings (SSSR count). The van der Waals surface area contributed by atoms with E-state index in [2.05, 4.69) is 39.3 Å². The Hall–Kier alpha value is -2.49. The van der Waals surface area contributed by atoms with E-state index in [9.17, 15) is 0 Å². The van der Waals surface area contributed by atoms with Crippen molar-refractivity contribution in [3.63, 3.8) is 0 Å². The van der Waals surface area contributed by atoms with Crippen LogP contribution in [-0.4, -0.2) is 15.0 Å². The van der Waals surface area contributed by atoms with E-state index >= 15 is 0 Å². The van der Waals surface area contributed by atoms with Crippen molar-refractivity contribution in [1.29, 1.82) is 0 Å². The highest BCUT2D eigenvalue weighted by atomic mass is 15.0. The Kier molecular flexibility index (Phi) is 3.29. The summed E-state index contributed by atoms with van der Waals surface area (Å²) in [5.74, 6) is 0. The van der Waals surface area contributed by atoms with Crippen molar-refractivity contribution in [2.75, 3.05) is 5.32 Å². The Morgan fingerprint density at radius 3 is 2.60 bits per heavy atom. The number of hydrogen-bond donors (Lipinski definition) is 1. The predicted molar refractivity (Wildman–Crippen MR) is 80.5 cm³/mol. The highest BCUT2D eigenvalue weighted by Crippen LogP contribution is 2.25. The van der Waals surface area contributed by atoms with Crippen LogP contribution in [0.4, 0.5) is 5.69 Å². The van der Waals surface area contributed by atoms with Gasteiger partial charge in [-0.05, 0) is 26.0 Å². The van der Waals surface area contributed by atoms with Crippen molar-refractivity contribution >= 4 is 16.6 Å². The Balaban J connectivity index is 1.96. The fraction of sp³-hybridized carbons (Fsp3) is 0.188. The molecule has 3 aromatic rings. The zero-order chi connectivity index (χ0) is 13.9. The van der Waals surface area contributed by atoms with Crippen LogP contribution in [0, 0.1) is 6.92 Å². The summed E-state index contributed by atoms with van der Waals surface area (Å²) in [4.78, 5) is 13.1. The van der Waals surface area contributed by atoms with Gasteiger partial charge in [-0.3, -0.25) is 15.0 Å². The quantitative estimate of drug-likeness (QED) is 0.786. The number of para-hydroxylation sites is 1. The van der Waals surface area contributed by atoms with Crippen LogP contribution in [0.3, 0.4) is 0 Å². The fourth-order valence-corrected chi connectivity index (χ4v) is 2.37. The molecule has 2 heterocycles. The van der Waals surface area contributed by atoms with Gasteiger partial charge in [0.2, 0.25) is 0 Å². The van der Waals surface area contributed by atoms with Gasteiger partial charge in [-0.1, -0.05) is 18.2 Å². The molecular weight excluding hydrogens is 248 g/mol. The number of aryl methyl sites for hydroxylation is 1. The summed E-state index contributed by atoms with van der Waals surface area (Å²) in [5.41, 5.74) is 3.89. The molecule has 2 aromatic heterocycles. The molecule has 4 nitrogen and oxygen atoms in total. The second kappa shape index (κ2) is 5.25. The molecule has 20 heavy (non-hydrogen) atoms. The molecule has 0 amide bonds. The summed E-state index contributed by atoms with van der Waals surface area (Å²) < 4.78 is 0. The number of rotatable bonds is 3. The van der Waals surface area contributed by atoms with Gasteiger partial charge in [-0.15, -0.1) is 0 Å². The van der Waals surface area contributed by atoms with E-state index in [1.54, 1.807) is 12.4 Å². The van der Waals surface area contributed by atoms with E-state index in [1.165, 1.54) is 0 Å². The second-order valence-corrected chi connectivity index (χ2v) is 4.77. The molecule has 0 aliphatic heterocycles. The van der Waals surface area contributed by atoms with Crippen molar-refractivity contribution in [2.45, 2.75) is 19.9 Å². The number of anilines is 1. The van der Waals surface area contributed by atoms with Gasteiger partial charge in [0.15, 0.2) is 0 Å². The average molecular weight is 264 g/mol. The van der Waals surface area contributed by atoms with Crippen molar-refractivity contribution in [3.8, 4) is 0 Å². The molecule has 1 atom stereocenters. The molecule has 100 valence electrons. The lowest BCUT2D eigenvalue weighted by atomic mass is 10.1. The minimum Gasteiger partial charge on any atom is -0.375 e. The van der Waals surface area contributed by atoms with Gasteiger partial charge in [0.1, 0.15) is 0 Å². The third kappa shape index (κ3) is 2.32. The van der Waals surface area contributed by atoms with E-state index in [0.29, 0.717) is 0 Å². The number of nitrogens with zero attached hydrogens (tertiary/aromatic N) is 3. The van der Waals surface area contributed by atoms with E-state index in [4.69, 9.17) is 0 Å². The molecule has 0 saturated heterocycles. The predicted octanol–water partition coefficient (Wildman–Crippen LogP) is 3.51. The Bertz CT molecular complexity index is 734. The average Bonchev–Trinajstić information content (AvgIpc) is 2.48.